The van der Waals surface area contributed by atoms with Crippen molar-refractivity contribution in [3.05, 3.63) is 65.3 Å². The van der Waals surface area contributed by atoms with Crippen LogP contribution < -0.4 is 4.31 Å². The van der Waals surface area contributed by atoms with Gasteiger partial charge in [0.15, 0.2) is 0 Å². The van der Waals surface area contributed by atoms with Crippen molar-refractivity contribution in [3.63, 3.8) is 0 Å². The fourth-order valence-electron chi connectivity index (χ4n) is 2.93. The second-order valence-electron chi connectivity index (χ2n) is 5.44. The molecule has 0 unspecified atom stereocenters. The van der Waals surface area contributed by atoms with E-state index in [1.165, 1.54) is 10.5 Å². The van der Waals surface area contributed by atoms with Crippen LogP contribution in [0.15, 0.2) is 59.6 Å². The summed E-state index contributed by atoms with van der Waals surface area (Å²) in [5.41, 5.74) is 2.40. The highest BCUT2D eigenvalue weighted by Gasteiger charge is 2.30. The molecule has 0 aliphatic carbocycles. The lowest BCUT2D eigenvalue weighted by Crippen LogP contribution is -2.29. The first-order valence-electron chi connectivity index (χ1n) is 7.22. The largest absolute Gasteiger partial charge is 0.266 e. The third-order valence-corrected chi connectivity index (χ3v) is 6.15. The van der Waals surface area contributed by atoms with E-state index in [0.717, 1.165) is 17.7 Å². The summed E-state index contributed by atoms with van der Waals surface area (Å²) in [5, 5.41) is 1.23. The molecule has 0 atom stereocenters. The van der Waals surface area contributed by atoms with E-state index in [1.807, 2.05) is 30.3 Å². The Kier molecular flexibility index (Phi) is 3.28. The normalized spacial score (nSPS) is 14.2. The quantitative estimate of drug-likeness (QED) is 0.713. The molecule has 0 spiro atoms. The number of benzene rings is 2. The van der Waals surface area contributed by atoms with Crippen LogP contribution in [0.4, 0.5) is 5.69 Å². The number of nitrogens with zero attached hydrogens (tertiary/aromatic N) is 2. The number of sulfonamides is 1. The van der Waals surface area contributed by atoms with Crippen molar-refractivity contribution in [1.82, 2.24) is 4.98 Å². The molecule has 0 amide bonds. The van der Waals surface area contributed by atoms with Crippen LogP contribution in [-0.4, -0.2) is 19.9 Å². The average Bonchev–Trinajstić information content (AvgIpc) is 2.99. The third kappa shape index (κ3) is 2.28. The van der Waals surface area contributed by atoms with Gasteiger partial charge in [-0.2, -0.15) is 0 Å². The van der Waals surface area contributed by atoms with Gasteiger partial charge in [-0.3, -0.25) is 9.29 Å². The molecule has 116 valence electrons. The Morgan fingerprint density at radius 3 is 2.78 bits per heavy atom. The first-order chi connectivity index (χ1) is 11.1. The third-order valence-electron chi connectivity index (χ3n) is 4.07. The van der Waals surface area contributed by atoms with Crippen LogP contribution in [0.2, 0.25) is 5.02 Å². The predicted octanol–water partition coefficient (Wildman–Crippen LogP) is 3.64. The summed E-state index contributed by atoms with van der Waals surface area (Å²) >= 11 is 6.10. The maximum absolute atomic E-state index is 13.0. The van der Waals surface area contributed by atoms with Crippen molar-refractivity contribution in [2.24, 2.45) is 0 Å². The Hall–Kier alpha value is -2.11. The Morgan fingerprint density at radius 1 is 1.09 bits per heavy atom. The molecule has 2 aromatic carbocycles. The number of anilines is 1. The van der Waals surface area contributed by atoms with Gasteiger partial charge in [-0.05, 0) is 30.2 Å². The summed E-state index contributed by atoms with van der Waals surface area (Å²) < 4.78 is 27.4. The molecule has 4 nitrogen and oxygen atoms in total. The first-order valence-corrected chi connectivity index (χ1v) is 9.04. The maximum Gasteiger partial charge on any atom is 0.265 e. The van der Waals surface area contributed by atoms with Crippen LogP contribution in [0.1, 0.15) is 5.56 Å². The first kappa shape index (κ1) is 14.5. The van der Waals surface area contributed by atoms with Crippen molar-refractivity contribution in [3.8, 4) is 0 Å². The predicted molar refractivity (Wildman–Crippen MR) is 91.4 cm³/mol. The molecule has 0 saturated carbocycles. The molecule has 4 rings (SSSR count). The summed E-state index contributed by atoms with van der Waals surface area (Å²) in [7, 11) is -3.63. The SMILES string of the molecule is O=S(=O)(c1cnc2c(Cl)cccc2c1)N1CCc2ccccc21. The van der Waals surface area contributed by atoms with Crippen LogP contribution in [0.3, 0.4) is 0 Å². The van der Waals surface area contributed by atoms with Gasteiger partial charge in [0.2, 0.25) is 0 Å². The van der Waals surface area contributed by atoms with Crippen LogP contribution in [0.5, 0.6) is 0 Å². The Balaban J connectivity index is 1.84. The van der Waals surface area contributed by atoms with E-state index in [0.29, 0.717) is 22.5 Å². The minimum atomic E-state index is -3.63. The summed E-state index contributed by atoms with van der Waals surface area (Å²) in [6.45, 7) is 0.454. The van der Waals surface area contributed by atoms with E-state index >= 15 is 0 Å². The Bertz CT molecular complexity index is 1020. The van der Waals surface area contributed by atoms with Gasteiger partial charge >= 0.3 is 0 Å². The van der Waals surface area contributed by atoms with Gasteiger partial charge in [0.1, 0.15) is 4.90 Å². The molecule has 0 radical (unpaired) electrons. The minimum Gasteiger partial charge on any atom is -0.266 e. The van der Waals surface area contributed by atoms with E-state index in [-0.39, 0.29) is 4.90 Å². The Labute approximate surface area is 139 Å². The van der Waals surface area contributed by atoms with Gasteiger partial charge in [-0.25, -0.2) is 8.42 Å². The molecule has 0 N–H and O–H groups in total. The molecule has 23 heavy (non-hydrogen) atoms. The highest BCUT2D eigenvalue weighted by atomic mass is 35.5. The number of fused-ring (bicyclic) bond motifs is 2. The van der Waals surface area contributed by atoms with Gasteiger partial charge in [-0.1, -0.05) is 41.9 Å². The summed E-state index contributed by atoms with van der Waals surface area (Å²) in [6.07, 6.45) is 2.10. The number of halogens is 1. The Morgan fingerprint density at radius 2 is 1.91 bits per heavy atom. The van der Waals surface area contributed by atoms with E-state index in [4.69, 9.17) is 11.6 Å². The maximum atomic E-state index is 13.0. The van der Waals surface area contributed by atoms with Crippen molar-refractivity contribution in [1.29, 1.82) is 0 Å². The highest BCUT2D eigenvalue weighted by molar-refractivity contribution is 7.92. The van der Waals surface area contributed by atoms with Crippen molar-refractivity contribution >= 4 is 38.2 Å². The molecular weight excluding hydrogens is 332 g/mol. The lowest BCUT2D eigenvalue weighted by atomic mass is 10.2. The molecule has 6 heteroatoms. The van der Waals surface area contributed by atoms with Crippen molar-refractivity contribution in [2.45, 2.75) is 11.3 Å². The number of rotatable bonds is 2. The molecule has 0 saturated heterocycles. The monoisotopic (exact) mass is 344 g/mol. The molecule has 2 heterocycles. The van der Waals surface area contributed by atoms with Gasteiger partial charge in [0.05, 0.1) is 16.2 Å². The molecular formula is C17H13ClN2O2S. The zero-order valence-corrected chi connectivity index (χ0v) is 13.7. The van der Waals surface area contributed by atoms with Crippen LogP contribution >= 0.6 is 11.6 Å². The topological polar surface area (TPSA) is 50.3 Å². The summed E-state index contributed by atoms with van der Waals surface area (Å²) in [5.74, 6) is 0. The fourth-order valence-corrected chi connectivity index (χ4v) is 4.64. The van der Waals surface area contributed by atoms with Crippen molar-refractivity contribution in [2.75, 3.05) is 10.8 Å². The lowest BCUT2D eigenvalue weighted by molar-refractivity contribution is 0.592. The van der Waals surface area contributed by atoms with Gasteiger partial charge in [0, 0.05) is 18.1 Å². The number of pyridine rings is 1. The smallest absolute Gasteiger partial charge is 0.265 e. The molecule has 1 aliphatic heterocycles. The van der Waals surface area contributed by atoms with Gasteiger partial charge in [-0.15, -0.1) is 0 Å². The molecule has 3 aromatic rings. The van der Waals surface area contributed by atoms with Crippen LogP contribution in [-0.2, 0) is 16.4 Å². The summed E-state index contributed by atoms with van der Waals surface area (Å²) in [4.78, 5) is 4.42. The zero-order chi connectivity index (χ0) is 16.0. The second-order valence-corrected chi connectivity index (χ2v) is 7.71. The average molecular weight is 345 g/mol. The molecule has 0 bridgehead atoms. The second kappa shape index (κ2) is 5.22. The van der Waals surface area contributed by atoms with E-state index in [1.54, 1.807) is 18.2 Å². The number of para-hydroxylation sites is 2. The molecule has 1 aliphatic rings. The summed E-state index contributed by atoms with van der Waals surface area (Å²) in [6, 6.07) is 14.5. The highest BCUT2D eigenvalue weighted by Crippen LogP contribution is 2.33. The molecule has 1 aromatic heterocycles. The van der Waals surface area contributed by atoms with Gasteiger partial charge in [0.25, 0.3) is 10.0 Å². The lowest BCUT2D eigenvalue weighted by Gasteiger charge is -2.19. The van der Waals surface area contributed by atoms with Crippen molar-refractivity contribution < 1.29 is 8.42 Å². The number of hydrogen-bond donors (Lipinski definition) is 0. The standard InChI is InChI=1S/C17H13ClN2O2S/c18-15-6-3-5-13-10-14(11-19-17(13)15)23(21,22)20-9-8-12-4-1-2-7-16(12)20/h1-7,10-11H,8-9H2. The van der Waals surface area contributed by atoms with E-state index < -0.39 is 10.0 Å². The molecule has 0 fully saturated rings. The zero-order valence-electron chi connectivity index (χ0n) is 12.1. The number of aromatic nitrogens is 1. The van der Waals surface area contributed by atoms with Gasteiger partial charge < -0.3 is 0 Å². The number of hydrogen-bond acceptors (Lipinski definition) is 3. The fraction of sp³-hybridized carbons (Fsp3) is 0.118. The van der Waals surface area contributed by atoms with E-state index in [9.17, 15) is 8.42 Å². The minimum absolute atomic E-state index is 0.184. The van der Waals surface area contributed by atoms with Crippen LogP contribution in [0, 0.1) is 0 Å². The van der Waals surface area contributed by atoms with E-state index in [2.05, 4.69) is 4.98 Å². The van der Waals surface area contributed by atoms with Crippen LogP contribution in [0.25, 0.3) is 10.9 Å².